The zero-order chi connectivity index (χ0) is 23.5. The van der Waals surface area contributed by atoms with Crippen molar-refractivity contribution < 1.29 is 32.2 Å². The fourth-order valence-corrected chi connectivity index (χ4v) is 3.89. The molecule has 1 aliphatic rings. The average Bonchev–Trinajstić information content (AvgIpc) is 2.77. The normalized spacial score (nSPS) is 15.2. The van der Waals surface area contributed by atoms with Gasteiger partial charge in [0.25, 0.3) is 33.8 Å². The summed E-state index contributed by atoms with van der Waals surface area (Å²) in [7, 11) is 1.35. The molecule has 12 nitrogen and oxygen atoms in total. The SMILES string of the molecule is COc1nc(N2C(=O)CN(S(=O)(=O)N(C)C)CC2=O)nc(OC)c1OCc1ccccc1. The third-order valence-corrected chi connectivity index (χ3v) is 6.35. The van der Waals surface area contributed by atoms with E-state index in [1.54, 1.807) is 0 Å². The van der Waals surface area contributed by atoms with E-state index in [1.807, 2.05) is 30.3 Å². The predicted octanol–water partition coefficient (Wildman–Crippen LogP) is 0.0544. The number of anilines is 1. The van der Waals surface area contributed by atoms with Crippen LogP contribution in [0.15, 0.2) is 30.3 Å². The van der Waals surface area contributed by atoms with Crippen LogP contribution in [0.3, 0.4) is 0 Å². The lowest BCUT2D eigenvalue weighted by Gasteiger charge is -2.32. The monoisotopic (exact) mass is 465 g/mol. The van der Waals surface area contributed by atoms with Crippen molar-refractivity contribution in [1.82, 2.24) is 18.6 Å². The Morgan fingerprint density at radius 1 is 0.969 bits per heavy atom. The third-order valence-electron chi connectivity index (χ3n) is 4.51. The van der Waals surface area contributed by atoms with Crippen LogP contribution in [-0.4, -0.2) is 80.2 Å². The van der Waals surface area contributed by atoms with Gasteiger partial charge in [-0.15, -0.1) is 0 Å². The molecule has 0 aliphatic carbocycles. The van der Waals surface area contributed by atoms with E-state index in [-0.39, 0.29) is 30.1 Å². The van der Waals surface area contributed by atoms with Crippen molar-refractivity contribution in [2.24, 2.45) is 0 Å². The highest BCUT2D eigenvalue weighted by Gasteiger charge is 2.40. The zero-order valence-corrected chi connectivity index (χ0v) is 18.8. The molecule has 13 heteroatoms. The van der Waals surface area contributed by atoms with E-state index in [1.165, 1.54) is 28.3 Å². The summed E-state index contributed by atoms with van der Waals surface area (Å²) < 4.78 is 42.6. The molecule has 3 rings (SSSR count). The number of ether oxygens (including phenoxy) is 3. The van der Waals surface area contributed by atoms with E-state index in [0.717, 1.165) is 14.2 Å². The highest BCUT2D eigenvalue weighted by atomic mass is 32.2. The largest absolute Gasteiger partial charge is 0.479 e. The van der Waals surface area contributed by atoms with E-state index < -0.39 is 35.1 Å². The van der Waals surface area contributed by atoms with Crippen LogP contribution in [-0.2, 0) is 26.4 Å². The van der Waals surface area contributed by atoms with E-state index in [2.05, 4.69) is 9.97 Å². The van der Waals surface area contributed by atoms with Crippen LogP contribution in [0.2, 0.25) is 0 Å². The minimum absolute atomic E-state index is 0.0493. The number of imide groups is 1. The molecule has 0 unspecified atom stereocenters. The summed E-state index contributed by atoms with van der Waals surface area (Å²) in [6.07, 6.45) is 0. The molecule has 1 saturated heterocycles. The molecule has 2 aromatic rings. The summed E-state index contributed by atoms with van der Waals surface area (Å²) >= 11 is 0. The minimum Gasteiger partial charge on any atom is -0.479 e. The van der Waals surface area contributed by atoms with Crippen molar-refractivity contribution in [3.05, 3.63) is 35.9 Å². The quantitative estimate of drug-likeness (QED) is 0.496. The first-order valence-electron chi connectivity index (χ1n) is 9.39. The Balaban J connectivity index is 1.90. The lowest BCUT2D eigenvalue weighted by molar-refractivity contribution is -0.130. The van der Waals surface area contributed by atoms with E-state index in [9.17, 15) is 18.0 Å². The van der Waals surface area contributed by atoms with Gasteiger partial charge >= 0.3 is 0 Å². The van der Waals surface area contributed by atoms with Crippen LogP contribution in [0.25, 0.3) is 0 Å². The number of piperazine rings is 1. The maximum Gasteiger partial charge on any atom is 0.282 e. The van der Waals surface area contributed by atoms with Crippen LogP contribution >= 0.6 is 0 Å². The standard InChI is InChI=1S/C19H23N5O7S/c1-22(2)32(27,28)23-10-14(25)24(15(26)11-23)19-20-17(29-3)16(18(21-19)30-4)31-12-13-8-6-5-7-9-13/h5-9H,10-12H2,1-4H3. The van der Waals surface area contributed by atoms with Gasteiger partial charge in [0.1, 0.15) is 6.61 Å². The van der Waals surface area contributed by atoms with Crippen molar-refractivity contribution in [3.8, 4) is 17.5 Å². The molecular formula is C19H23N5O7S. The summed E-state index contributed by atoms with van der Waals surface area (Å²) in [6, 6.07) is 9.33. The second kappa shape index (κ2) is 9.46. The van der Waals surface area contributed by atoms with Gasteiger partial charge in [-0.2, -0.15) is 27.0 Å². The summed E-state index contributed by atoms with van der Waals surface area (Å²) in [4.78, 5) is 34.3. The Hall–Kier alpha value is -3.29. The molecule has 0 spiro atoms. The summed E-state index contributed by atoms with van der Waals surface area (Å²) in [5, 5.41) is 0. The number of methoxy groups -OCH3 is 2. The zero-order valence-electron chi connectivity index (χ0n) is 18.0. The van der Waals surface area contributed by atoms with Gasteiger partial charge in [-0.25, -0.2) is 4.90 Å². The first kappa shape index (κ1) is 23.4. The van der Waals surface area contributed by atoms with Crippen LogP contribution in [0.4, 0.5) is 5.95 Å². The molecule has 1 aromatic carbocycles. The van der Waals surface area contributed by atoms with Crippen molar-refractivity contribution in [2.75, 3.05) is 46.3 Å². The van der Waals surface area contributed by atoms with E-state index >= 15 is 0 Å². The van der Waals surface area contributed by atoms with Crippen molar-refractivity contribution >= 4 is 28.0 Å². The van der Waals surface area contributed by atoms with Crippen LogP contribution in [0.5, 0.6) is 17.5 Å². The Bertz CT molecular complexity index is 1070. The lowest BCUT2D eigenvalue weighted by atomic mass is 10.2. The summed E-state index contributed by atoms with van der Waals surface area (Å²) in [5.74, 6) is -1.93. The van der Waals surface area contributed by atoms with Gasteiger partial charge in [-0.1, -0.05) is 30.3 Å². The molecule has 172 valence electrons. The van der Waals surface area contributed by atoms with Crippen molar-refractivity contribution in [2.45, 2.75) is 6.61 Å². The molecule has 0 saturated carbocycles. The van der Waals surface area contributed by atoms with Gasteiger partial charge < -0.3 is 14.2 Å². The molecule has 1 aliphatic heterocycles. The number of carbonyl (C=O) groups excluding carboxylic acids is 2. The number of rotatable bonds is 8. The number of hydrogen-bond donors (Lipinski definition) is 0. The molecule has 1 aromatic heterocycles. The van der Waals surface area contributed by atoms with Gasteiger partial charge in [-0.05, 0) is 5.56 Å². The predicted molar refractivity (Wildman–Crippen MR) is 113 cm³/mol. The van der Waals surface area contributed by atoms with Gasteiger partial charge in [0.05, 0.1) is 27.3 Å². The van der Waals surface area contributed by atoms with Gasteiger partial charge in [0.15, 0.2) is 0 Å². The van der Waals surface area contributed by atoms with E-state index in [4.69, 9.17) is 14.2 Å². The molecule has 2 heterocycles. The molecule has 0 N–H and O–H groups in total. The highest BCUT2D eigenvalue weighted by molar-refractivity contribution is 7.86. The van der Waals surface area contributed by atoms with Crippen LogP contribution in [0.1, 0.15) is 5.56 Å². The number of hydrogen-bond acceptors (Lipinski definition) is 9. The first-order chi connectivity index (χ1) is 15.2. The molecule has 1 fully saturated rings. The molecule has 0 bridgehead atoms. The molecule has 2 amide bonds. The van der Waals surface area contributed by atoms with Gasteiger partial charge in [0.2, 0.25) is 11.7 Å². The third kappa shape index (κ3) is 4.64. The maximum absolute atomic E-state index is 12.7. The topological polar surface area (TPSA) is 131 Å². The van der Waals surface area contributed by atoms with Crippen LogP contribution < -0.4 is 19.1 Å². The fourth-order valence-electron chi connectivity index (χ4n) is 2.88. The number of aromatic nitrogens is 2. The Labute approximate surface area is 185 Å². The molecular weight excluding hydrogens is 442 g/mol. The number of carbonyl (C=O) groups is 2. The first-order valence-corrected chi connectivity index (χ1v) is 10.8. The summed E-state index contributed by atoms with van der Waals surface area (Å²) in [6.45, 7) is -0.922. The fraction of sp³-hybridized carbons (Fsp3) is 0.368. The van der Waals surface area contributed by atoms with E-state index in [0.29, 0.717) is 4.90 Å². The Morgan fingerprint density at radius 2 is 1.50 bits per heavy atom. The van der Waals surface area contributed by atoms with Gasteiger partial charge in [-0.3, -0.25) is 9.59 Å². The number of amides is 2. The number of nitrogens with zero attached hydrogens (tertiary/aromatic N) is 5. The van der Waals surface area contributed by atoms with Crippen molar-refractivity contribution in [1.29, 1.82) is 0 Å². The second-order valence-electron chi connectivity index (χ2n) is 6.83. The summed E-state index contributed by atoms with van der Waals surface area (Å²) in [5.41, 5.74) is 0.879. The second-order valence-corrected chi connectivity index (χ2v) is 8.97. The average molecular weight is 465 g/mol. The lowest BCUT2D eigenvalue weighted by Crippen LogP contribution is -2.58. The molecule has 32 heavy (non-hydrogen) atoms. The van der Waals surface area contributed by atoms with Crippen molar-refractivity contribution in [3.63, 3.8) is 0 Å². The smallest absolute Gasteiger partial charge is 0.282 e. The molecule has 0 radical (unpaired) electrons. The Morgan fingerprint density at radius 3 is 1.97 bits per heavy atom. The Kier molecular flexibility index (Phi) is 6.91. The van der Waals surface area contributed by atoms with Gasteiger partial charge in [0, 0.05) is 14.1 Å². The number of benzene rings is 1. The minimum atomic E-state index is -3.95. The highest BCUT2D eigenvalue weighted by Crippen LogP contribution is 2.36. The van der Waals surface area contributed by atoms with Crippen LogP contribution in [0, 0.1) is 0 Å². The molecule has 0 atom stereocenters. The maximum atomic E-state index is 12.7.